The van der Waals surface area contributed by atoms with E-state index in [1.165, 1.54) is 0 Å². The molecule has 3 rings (SSSR count). The largest absolute Gasteiger partial charge is 0.379 e. The van der Waals surface area contributed by atoms with E-state index in [-0.39, 0.29) is 6.04 Å². The van der Waals surface area contributed by atoms with Crippen LogP contribution in [0.25, 0.3) is 10.8 Å². The van der Waals surface area contributed by atoms with Gasteiger partial charge in [0.15, 0.2) is 0 Å². The maximum atomic E-state index is 12.9. The van der Waals surface area contributed by atoms with Crippen molar-refractivity contribution in [3.8, 4) is 0 Å². The number of hydrogen-bond acceptors (Lipinski definition) is 5. The van der Waals surface area contributed by atoms with E-state index in [1.54, 1.807) is 30.6 Å². The summed E-state index contributed by atoms with van der Waals surface area (Å²) in [7, 11) is -3.59. The zero-order valence-corrected chi connectivity index (χ0v) is 16.2. The molecule has 1 N–H and O–H groups in total. The van der Waals surface area contributed by atoms with Crippen LogP contribution in [0.4, 0.5) is 0 Å². The van der Waals surface area contributed by atoms with Crippen LogP contribution in [0.1, 0.15) is 20.3 Å². The summed E-state index contributed by atoms with van der Waals surface area (Å²) in [5, 5.41) is 1.52. The minimum atomic E-state index is -3.59. The third-order valence-corrected chi connectivity index (χ3v) is 6.23. The number of rotatable bonds is 7. The number of aromatic nitrogens is 1. The molecular weight excluding hydrogens is 350 g/mol. The molecule has 1 aromatic heterocycles. The summed E-state index contributed by atoms with van der Waals surface area (Å²) in [6, 6.07) is 7.20. The van der Waals surface area contributed by atoms with Gasteiger partial charge >= 0.3 is 0 Å². The lowest BCUT2D eigenvalue weighted by Gasteiger charge is -2.35. The van der Waals surface area contributed by atoms with Crippen LogP contribution in [-0.4, -0.2) is 57.2 Å². The van der Waals surface area contributed by atoms with E-state index in [1.807, 2.05) is 6.07 Å². The fraction of sp³-hybridized carbons (Fsp3) is 0.526. The number of pyridine rings is 1. The molecule has 0 saturated carbocycles. The van der Waals surface area contributed by atoms with E-state index in [0.717, 1.165) is 24.9 Å². The van der Waals surface area contributed by atoms with Crippen molar-refractivity contribution in [1.82, 2.24) is 14.6 Å². The van der Waals surface area contributed by atoms with Gasteiger partial charge in [0.25, 0.3) is 0 Å². The monoisotopic (exact) mass is 377 g/mol. The zero-order valence-electron chi connectivity index (χ0n) is 15.4. The second kappa shape index (κ2) is 8.43. The first-order valence-corrected chi connectivity index (χ1v) is 10.6. The molecule has 26 heavy (non-hydrogen) atoms. The lowest BCUT2D eigenvalue weighted by atomic mass is 10.0. The molecule has 0 unspecified atom stereocenters. The second-order valence-corrected chi connectivity index (χ2v) is 8.87. The maximum absolute atomic E-state index is 12.9. The number of nitrogens with zero attached hydrogens (tertiary/aromatic N) is 2. The summed E-state index contributed by atoms with van der Waals surface area (Å²) >= 11 is 0. The van der Waals surface area contributed by atoms with Crippen LogP contribution in [0.15, 0.2) is 41.6 Å². The van der Waals surface area contributed by atoms with E-state index >= 15 is 0 Å². The Bertz CT molecular complexity index is 828. The highest BCUT2D eigenvalue weighted by molar-refractivity contribution is 7.89. The van der Waals surface area contributed by atoms with Crippen molar-refractivity contribution in [2.45, 2.75) is 31.2 Å². The first-order valence-electron chi connectivity index (χ1n) is 9.11. The molecule has 0 amide bonds. The van der Waals surface area contributed by atoms with Gasteiger partial charge in [-0.2, -0.15) is 0 Å². The molecule has 0 bridgehead atoms. The van der Waals surface area contributed by atoms with Gasteiger partial charge in [-0.15, -0.1) is 0 Å². The van der Waals surface area contributed by atoms with Crippen LogP contribution in [0.5, 0.6) is 0 Å². The van der Waals surface area contributed by atoms with Crippen LogP contribution in [0.2, 0.25) is 0 Å². The van der Waals surface area contributed by atoms with Gasteiger partial charge in [-0.1, -0.05) is 26.0 Å². The smallest absolute Gasteiger partial charge is 0.241 e. The van der Waals surface area contributed by atoms with Gasteiger partial charge in [-0.25, -0.2) is 13.1 Å². The van der Waals surface area contributed by atoms with Crippen LogP contribution in [0.3, 0.4) is 0 Å². The van der Waals surface area contributed by atoms with Crippen LogP contribution < -0.4 is 4.72 Å². The molecule has 1 atom stereocenters. The lowest BCUT2D eigenvalue weighted by Crippen LogP contribution is -2.49. The summed E-state index contributed by atoms with van der Waals surface area (Å²) < 4.78 is 34.2. The van der Waals surface area contributed by atoms with Crippen molar-refractivity contribution in [2.24, 2.45) is 5.92 Å². The van der Waals surface area contributed by atoms with E-state index in [4.69, 9.17) is 4.74 Å². The van der Waals surface area contributed by atoms with Gasteiger partial charge in [-0.3, -0.25) is 9.88 Å². The van der Waals surface area contributed by atoms with E-state index in [9.17, 15) is 8.42 Å². The summed E-state index contributed by atoms with van der Waals surface area (Å²) in [5.74, 6) is 0.496. The second-order valence-electron chi connectivity index (χ2n) is 7.14. The molecule has 2 aromatic rings. The zero-order chi connectivity index (χ0) is 18.6. The Balaban J connectivity index is 1.78. The Kier molecular flexibility index (Phi) is 6.24. The summed E-state index contributed by atoms with van der Waals surface area (Å²) in [5.41, 5.74) is 0. The van der Waals surface area contributed by atoms with Crippen molar-refractivity contribution in [3.05, 3.63) is 36.7 Å². The fourth-order valence-corrected chi connectivity index (χ4v) is 4.76. The Morgan fingerprint density at radius 2 is 2.00 bits per heavy atom. The third kappa shape index (κ3) is 4.59. The highest BCUT2D eigenvalue weighted by Gasteiger charge is 2.25. The van der Waals surface area contributed by atoms with Crippen molar-refractivity contribution >= 4 is 20.8 Å². The Labute approximate surface area is 155 Å². The number of morpholine rings is 1. The maximum Gasteiger partial charge on any atom is 0.241 e. The first kappa shape index (κ1) is 19.2. The summed E-state index contributed by atoms with van der Waals surface area (Å²) in [6.45, 7) is 7.84. The predicted octanol–water partition coefficient (Wildman–Crippen LogP) is 2.26. The number of ether oxygens (including phenoxy) is 1. The van der Waals surface area contributed by atoms with E-state index in [2.05, 4.69) is 28.5 Å². The highest BCUT2D eigenvalue weighted by atomic mass is 32.2. The standard InChI is InChI=1S/C19H27N3O3S/c1-15(2)12-17(22-8-10-25-11-9-22)14-21-26(23,24)19-5-3-4-16-13-20-7-6-18(16)19/h3-7,13,15,17,21H,8-12,14H2,1-2H3/t17-/m1/s1. The van der Waals surface area contributed by atoms with Gasteiger partial charge in [0, 0.05) is 48.8 Å². The average molecular weight is 378 g/mol. The lowest BCUT2D eigenvalue weighted by molar-refractivity contribution is 0.0134. The highest BCUT2D eigenvalue weighted by Crippen LogP contribution is 2.22. The molecule has 6 nitrogen and oxygen atoms in total. The SMILES string of the molecule is CC(C)C[C@H](CNS(=O)(=O)c1cccc2cnccc12)N1CCOCC1. The van der Waals surface area contributed by atoms with Gasteiger partial charge < -0.3 is 4.74 Å². The number of nitrogens with one attached hydrogen (secondary N) is 1. The molecule has 0 aliphatic carbocycles. The van der Waals surface area contributed by atoms with Gasteiger partial charge in [0.1, 0.15) is 0 Å². The molecule has 7 heteroatoms. The van der Waals surface area contributed by atoms with Crippen LogP contribution >= 0.6 is 0 Å². The molecule has 142 valence electrons. The Morgan fingerprint density at radius 1 is 1.23 bits per heavy atom. The quantitative estimate of drug-likeness (QED) is 0.801. The molecule has 1 saturated heterocycles. The molecule has 2 heterocycles. The number of fused-ring (bicyclic) bond motifs is 1. The average Bonchev–Trinajstić information content (AvgIpc) is 2.65. The molecule has 1 fully saturated rings. The summed E-state index contributed by atoms with van der Waals surface area (Å²) in [6.07, 6.45) is 4.25. The topological polar surface area (TPSA) is 71.5 Å². The van der Waals surface area contributed by atoms with Crippen molar-refractivity contribution in [3.63, 3.8) is 0 Å². The van der Waals surface area contributed by atoms with Crippen molar-refractivity contribution in [1.29, 1.82) is 0 Å². The van der Waals surface area contributed by atoms with E-state index in [0.29, 0.717) is 36.0 Å². The van der Waals surface area contributed by atoms with Crippen LogP contribution in [-0.2, 0) is 14.8 Å². The van der Waals surface area contributed by atoms with Gasteiger partial charge in [-0.05, 0) is 24.5 Å². The molecule has 1 aliphatic heterocycles. The minimum Gasteiger partial charge on any atom is -0.379 e. The molecule has 0 radical (unpaired) electrons. The van der Waals surface area contributed by atoms with E-state index < -0.39 is 10.0 Å². The Morgan fingerprint density at radius 3 is 2.73 bits per heavy atom. The Hall–Kier alpha value is -1.54. The first-order chi connectivity index (χ1) is 12.5. The number of hydrogen-bond donors (Lipinski definition) is 1. The molecular formula is C19H27N3O3S. The molecule has 1 aromatic carbocycles. The summed E-state index contributed by atoms with van der Waals surface area (Å²) in [4.78, 5) is 6.71. The van der Waals surface area contributed by atoms with Crippen molar-refractivity contribution in [2.75, 3.05) is 32.8 Å². The van der Waals surface area contributed by atoms with Crippen molar-refractivity contribution < 1.29 is 13.2 Å². The van der Waals surface area contributed by atoms with Crippen LogP contribution in [0, 0.1) is 5.92 Å². The molecule has 1 aliphatic rings. The molecule has 0 spiro atoms. The predicted molar refractivity (Wildman–Crippen MR) is 103 cm³/mol. The normalized spacial score (nSPS) is 17.7. The van der Waals surface area contributed by atoms with Gasteiger partial charge in [0.2, 0.25) is 10.0 Å². The van der Waals surface area contributed by atoms with Gasteiger partial charge in [0.05, 0.1) is 18.1 Å². The third-order valence-electron chi connectivity index (χ3n) is 4.74. The number of sulfonamides is 1. The fourth-order valence-electron chi connectivity index (χ4n) is 3.46. The number of benzene rings is 1. The minimum absolute atomic E-state index is 0.172.